The number of halogens is 1. The molecule has 0 saturated carbocycles. The second-order valence-electron chi connectivity index (χ2n) is 6.87. The minimum atomic E-state index is -0.154. The summed E-state index contributed by atoms with van der Waals surface area (Å²) in [5, 5.41) is 3.52. The topological polar surface area (TPSA) is 41.6 Å². The summed E-state index contributed by atoms with van der Waals surface area (Å²) in [5.74, 6) is -0.154. The first-order chi connectivity index (χ1) is 14.5. The van der Waals surface area contributed by atoms with Crippen LogP contribution >= 0.6 is 11.6 Å². The molecule has 2 aromatic rings. The molecule has 1 aliphatic rings. The molecule has 1 aliphatic heterocycles. The molecule has 166 valence electrons. The summed E-state index contributed by atoms with van der Waals surface area (Å²) in [6.07, 6.45) is 2.17. The lowest BCUT2D eigenvalue weighted by Gasteiger charge is -2.31. The van der Waals surface area contributed by atoms with Crippen molar-refractivity contribution < 1.29 is 9.53 Å². The summed E-state index contributed by atoms with van der Waals surface area (Å²) in [5.41, 5.74) is 3.53. The standard InChI is InChI=1S/C21H25ClN2O2.2C2H6/c1-15-3-6-17(13-20(15)22)21(25)23-18-7-4-16(5-8-18)14-24(2)19-9-11-26-12-10-19;2*1-2/h3-8,13,19H,9-12,14H2,1-2H3,(H,23,25);2*1-2H3. The van der Waals surface area contributed by atoms with E-state index in [1.165, 1.54) is 5.56 Å². The first-order valence-electron chi connectivity index (χ1n) is 11.0. The van der Waals surface area contributed by atoms with Gasteiger partial charge in [0.05, 0.1) is 0 Å². The van der Waals surface area contributed by atoms with Gasteiger partial charge in [-0.3, -0.25) is 9.69 Å². The van der Waals surface area contributed by atoms with E-state index in [0.29, 0.717) is 16.6 Å². The first kappa shape index (κ1) is 26.2. The molecule has 0 bridgehead atoms. The molecule has 30 heavy (non-hydrogen) atoms. The maximum absolute atomic E-state index is 12.4. The number of rotatable bonds is 5. The lowest BCUT2D eigenvalue weighted by molar-refractivity contribution is 0.0407. The van der Waals surface area contributed by atoms with E-state index >= 15 is 0 Å². The van der Waals surface area contributed by atoms with Crippen LogP contribution in [0.2, 0.25) is 5.02 Å². The zero-order valence-electron chi connectivity index (χ0n) is 19.3. The molecule has 0 aromatic heterocycles. The molecule has 3 rings (SSSR count). The number of nitrogens with zero attached hydrogens (tertiary/aromatic N) is 1. The number of hydrogen-bond donors (Lipinski definition) is 1. The molecular weight excluding hydrogens is 396 g/mol. The molecule has 2 aromatic carbocycles. The monoisotopic (exact) mass is 432 g/mol. The largest absolute Gasteiger partial charge is 0.381 e. The van der Waals surface area contributed by atoms with E-state index in [1.807, 2.05) is 52.8 Å². The first-order valence-corrected chi connectivity index (χ1v) is 11.3. The summed E-state index contributed by atoms with van der Waals surface area (Å²) in [4.78, 5) is 14.7. The fourth-order valence-corrected chi connectivity index (χ4v) is 3.35. The highest BCUT2D eigenvalue weighted by molar-refractivity contribution is 6.31. The van der Waals surface area contributed by atoms with Gasteiger partial charge in [0, 0.05) is 42.1 Å². The molecule has 1 heterocycles. The van der Waals surface area contributed by atoms with E-state index < -0.39 is 0 Å². The Kier molecular flexibility index (Phi) is 12.4. The molecule has 5 heteroatoms. The number of benzene rings is 2. The number of amides is 1. The van der Waals surface area contributed by atoms with E-state index in [0.717, 1.165) is 43.9 Å². The molecule has 4 nitrogen and oxygen atoms in total. The van der Waals surface area contributed by atoms with Crippen LogP contribution in [-0.4, -0.2) is 37.1 Å². The quantitative estimate of drug-likeness (QED) is 0.581. The van der Waals surface area contributed by atoms with E-state index in [2.05, 4.69) is 29.4 Å². The average Bonchev–Trinajstić information content (AvgIpc) is 2.80. The Hall–Kier alpha value is -1.88. The molecule has 1 amide bonds. The van der Waals surface area contributed by atoms with Crippen LogP contribution in [0.15, 0.2) is 42.5 Å². The Labute approximate surface area is 187 Å². The Balaban J connectivity index is 0.00000106. The van der Waals surface area contributed by atoms with Crippen molar-refractivity contribution in [1.82, 2.24) is 4.90 Å². The molecular formula is C25H37ClN2O2. The highest BCUT2D eigenvalue weighted by atomic mass is 35.5. The smallest absolute Gasteiger partial charge is 0.255 e. The molecule has 1 saturated heterocycles. The van der Waals surface area contributed by atoms with Crippen molar-refractivity contribution in [1.29, 1.82) is 0 Å². The highest BCUT2D eigenvalue weighted by Gasteiger charge is 2.18. The number of nitrogens with one attached hydrogen (secondary N) is 1. The third kappa shape index (κ3) is 8.10. The molecule has 0 unspecified atom stereocenters. The van der Waals surface area contributed by atoms with Crippen LogP contribution in [0.3, 0.4) is 0 Å². The van der Waals surface area contributed by atoms with Gasteiger partial charge in [0.15, 0.2) is 0 Å². The third-order valence-corrected chi connectivity index (χ3v) is 5.30. The van der Waals surface area contributed by atoms with Crippen LogP contribution in [0.5, 0.6) is 0 Å². The van der Waals surface area contributed by atoms with Gasteiger partial charge in [-0.25, -0.2) is 0 Å². The van der Waals surface area contributed by atoms with Crippen LogP contribution in [0.25, 0.3) is 0 Å². The fourth-order valence-electron chi connectivity index (χ4n) is 3.17. The van der Waals surface area contributed by atoms with Gasteiger partial charge in [-0.1, -0.05) is 57.5 Å². The van der Waals surface area contributed by atoms with Crippen molar-refractivity contribution in [2.24, 2.45) is 0 Å². The van der Waals surface area contributed by atoms with Crippen LogP contribution in [0.1, 0.15) is 62.0 Å². The Morgan fingerprint density at radius 2 is 1.67 bits per heavy atom. The van der Waals surface area contributed by atoms with Gasteiger partial charge in [0.2, 0.25) is 0 Å². The minimum absolute atomic E-state index is 0.154. The predicted octanol–water partition coefficient (Wildman–Crippen LogP) is 6.56. The summed E-state index contributed by atoms with van der Waals surface area (Å²) in [6, 6.07) is 13.9. The van der Waals surface area contributed by atoms with Crippen LogP contribution in [0, 0.1) is 6.92 Å². The third-order valence-electron chi connectivity index (χ3n) is 4.89. The molecule has 1 fully saturated rings. The number of aryl methyl sites for hydroxylation is 1. The van der Waals surface area contributed by atoms with Crippen molar-refractivity contribution in [2.45, 2.75) is 60.0 Å². The van der Waals surface area contributed by atoms with Crippen LogP contribution in [-0.2, 0) is 11.3 Å². The Morgan fingerprint density at radius 3 is 2.23 bits per heavy atom. The van der Waals surface area contributed by atoms with Gasteiger partial charge < -0.3 is 10.1 Å². The molecule has 0 radical (unpaired) electrons. The van der Waals surface area contributed by atoms with Gasteiger partial charge in [0.25, 0.3) is 5.91 Å². The van der Waals surface area contributed by atoms with E-state index in [9.17, 15) is 4.79 Å². The fraction of sp³-hybridized carbons (Fsp3) is 0.480. The van der Waals surface area contributed by atoms with Gasteiger partial charge in [-0.2, -0.15) is 0 Å². The summed E-state index contributed by atoms with van der Waals surface area (Å²) >= 11 is 6.10. The van der Waals surface area contributed by atoms with Gasteiger partial charge >= 0.3 is 0 Å². The molecule has 0 spiro atoms. The van der Waals surface area contributed by atoms with E-state index in [-0.39, 0.29) is 5.91 Å². The second-order valence-corrected chi connectivity index (χ2v) is 7.28. The number of hydrogen-bond acceptors (Lipinski definition) is 3. The minimum Gasteiger partial charge on any atom is -0.381 e. The number of carbonyl (C=O) groups is 1. The maximum Gasteiger partial charge on any atom is 0.255 e. The Morgan fingerprint density at radius 1 is 1.07 bits per heavy atom. The average molecular weight is 433 g/mol. The zero-order valence-corrected chi connectivity index (χ0v) is 20.1. The molecule has 1 N–H and O–H groups in total. The van der Waals surface area contributed by atoms with Crippen LogP contribution in [0.4, 0.5) is 5.69 Å². The van der Waals surface area contributed by atoms with Gasteiger partial charge in [0.1, 0.15) is 0 Å². The van der Waals surface area contributed by atoms with Crippen molar-refractivity contribution in [3.05, 3.63) is 64.2 Å². The van der Waals surface area contributed by atoms with Gasteiger partial charge in [-0.05, 0) is 62.2 Å². The Bertz CT molecular complexity index is 756. The maximum atomic E-state index is 12.4. The summed E-state index contributed by atoms with van der Waals surface area (Å²) in [6.45, 7) is 12.5. The second kappa shape index (κ2) is 14.2. The number of ether oxygens (including phenoxy) is 1. The van der Waals surface area contributed by atoms with Gasteiger partial charge in [-0.15, -0.1) is 0 Å². The summed E-state index contributed by atoms with van der Waals surface area (Å²) < 4.78 is 5.43. The predicted molar refractivity (Wildman–Crippen MR) is 129 cm³/mol. The molecule has 0 aliphatic carbocycles. The van der Waals surface area contributed by atoms with E-state index in [4.69, 9.17) is 16.3 Å². The van der Waals surface area contributed by atoms with Crippen molar-refractivity contribution in [3.8, 4) is 0 Å². The van der Waals surface area contributed by atoms with Crippen molar-refractivity contribution in [2.75, 3.05) is 25.6 Å². The number of anilines is 1. The van der Waals surface area contributed by atoms with E-state index in [1.54, 1.807) is 12.1 Å². The SMILES string of the molecule is CC.CC.Cc1ccc(C(=O)Nc2ccc(CN(C)C3CCOCC3)cc2)cc1Cl. The summed E-state index contributed by atoms with van der Waals surface area (Å²) in [7, 11) is 2.16. The molecule has 0 atom stereocenters. The zero-order chi connectivity index (χ0) is 22.5. The normalized spacial score (nSPS) is 13.6. The van der Waals surface area contributed by atoms with Crippen LogP contribution < -0.4 is 5.32 Å². The number of carbonyl (C=O) groups excluding carboxylic acids is 1. The lowest BCUT2D eigenvalue weighted by atomic mass is 10.1. The lowest BCUT2D eigenvalue weighted by Crippen LogP contribution is -2.36. The van der Waals surface area contributed by atoms with Crippen molar-refractivity contribution >= 4 is 23.2 Å². The highest BCUT2D eigenvalue weighted by Crippen LogP contribution is 2.19. The van der Waals surface area contributed by atoms with Crippen molar-refractivity contribution in [3.63, 3.8) is 0 Å².